The third-order valence-electron chi connectivity index (χ3n) is 5.62. The number of amides is 2. The molecule has 7 heteroatoms. The summed E-state index contributed by atoms with van der Waals surface area (Å²) in [5, 5.41) is 9.44. The molecule has 0 radical (unpaired) electrons. The molecule has 0 bridgehead atoms. The summed E-state index contributed by atoms with van der Waals surface area (Å²) in [5.41, 5.74) is 2.09. The lowest BCUT2D eigenvalue weighted by molar-refractivity contribution is -0.123. The van der Waals surface area contributed by atoms with Crippen LogP contribution >= 0.6 is 0 Å². The van der Waals surface area contributed by atoms with E-state index in [1.54, 1.807) is 36.4 Å². The molecule has 2 aliphatic rings. The highest BCUT2D eigenvalue weighted by molar-refractivity contribution is 6.22. The fourth-order valence-corrected chi connectivity index (χ4v) is 3.97. The summed E-state index contributed by atoms with van der Waals surface area (Å²) < 4.78 is 0. The quantitative estimate of drug-likeness (QED) is 0.633. The predicted molar refractivity (Wildman–Crippen MR) is 109 cm³/mol. The van der Waals surface area contributed by atoms with Crippen LogP contribution in [0.2, 0.25) is 0 Å². The molecule has 1 N–H and O–H groups in total. The molecule has 29 heavy (non-hydrogen) atoms. The lowest BCUT2D eigenvalue weighted by Gasteiger charge is -2.38. The summed E-state index contributed by atoms with van der Waals surface area (Å²) in [6, 6.07) is 13.2. The first-order valence-corrected chi connectivity index (χ1v) is 9.70. The van der Waals surface area contributed by atoms with Crippen LogP contribution in [-0.2, 0) is 9.59 Å². The van der Waals surface area contributed by atoms with Crippen molar-refractivity contribution in [1.82, 2.24) is 4.90 Å². The number of carbonyl (C=O) groups is 3. The zero-order chi connectivity index (χ0) is 20.5. The van der Waals surface area contributed by atoms with Crippen LogP contribution in [0, 0.1) is 0 Å². The van der Waals surface area contributed by atoms with Gasteiger partial charge >= 0.3 is 0 Å². The maximum Gasteiger partial charge on any atom is 0.251 e. The van der Waals surface area contributed by atoms with E-state index in [0.29, 0.717) is 24.3 Å². The number of phenols is 1. The van der Waals surface area contributed by atoms with Gasteiger partial charge in [-0.05, 0) is 55.5 Å². The number of rotatable bonds is 4. The first-order valence-electron chi connectivity index (χ1n) is 9.70. The number of hydrogen-bond donors (Lipinski definition) is 1. The second-order valence-corrected chi connectivity index (χ2v) is 7.43. The number of Topliss-reactive ketones (excluding diaryl/α,β-unsaturated/α-hetero) is 1. The Morgan fingerprint density at radius 2 is 1.48 bits per heavy atom. The van der Waals surface area contributed by atoms with E-state index in [-0.39, 0.29) is 29.8 Å². The van der Waals surface area contributed by atoms with Crippen molar-refractivity contribution in [3.63, 3.8) is 0 Å². The fourth-order valence-electron chi connectivity index (χ4n) is 3.97. The van der Waals surface area contributed by atoms with Crippen LogP contribution in [-0.4, -0.2) is 59.8 Å². The van der Waals surface area contributed by atoms with Crippen LogP contribution in [0.5, 0.6) is 5.75 Å². The number of piperazine rings is 1. The van der Waals surface area contributed by atoms with Crippen LogP contribution in [0.1, 0.15) is 23.7 Å². The predicted octanol–water partition coefficient (Wildman–Crippen LogP) is 2.05. The smallest absolute Gasteiger partial charge is 0.251 e. The minimum Gasteiger partial charge on any atom is -0.508 e. The summed E-state index contributed by atoms with van der Waals surface area (Å²) in [6.45, 7) is 4.34. The van der Waals surface area contributed by atoms with E-state index in [4.69, 9.17) is 0 Å². The van der Waals surface area contributed by atoms with Gasteiger partial charge in [0.2, 0.25) is 5.91 Å². The Morgan fingerprint density at radius 3 is 2.07 bits per heavy atom. The summed E-state index contributed by atoms with van der Waals surface area (Å²) in [5.74, 6) is -0.237. The zero-order valence-corrected chi connectivity index (χ0v) is 16.2. The van der Waals surface area contributed by atoms with Gasteiger partial charge in [-0.1, -0.05) is 0 Å². The number of ketones is 1. The molecular formula is C22H23N3O4. The molecule has 0 saturated carbocycles. The third-order valence-corrected chi connectivity index (χ3v) is 5.62. The number of phenolic OH excluding ortho intramolecular Hbond substituents is 1. The van der Waals surface area contributed by atoms with Crippen molar-refractivity contribution >= 4 is 29.0 Å². The van der Waals surface area contributed by atoms with Crippen LogP contribution < -0.4 is 9.80 Å². The van der Waals surface area contributed by atoms with Crippen LogP contribution in [0.15, 0.2) is 48.5 Å². The molecule has 150 valence electrons. The molecule has 4 rings (SSSR count). The van der Waals surface area contributed by atoms with E-state index in [1.807, 2.05) is 12.1 Å². The molecule has 0 aromatic heterocycles. The van der Waals surface area contributed by atoms with E-state index in [9.17, 15) is 19.5 Å². The summed E-state index contributed by atoms with van der Waals surface area (Å²) in [6.07, 6.45) is 0.173. The number of imide groups is 1. The Kier molecular flexibility index (Phi) is 5.07. The molecule has 2 aromatic rings. The number of carbonyl (C=O) groups excluding carboxylic acids is 3. The molecule has 0 spiro atoms. The average molecular weight is 393 g/mol. The zero-order valence-electron chi connectivity index (χ0n) is 16.2. The summed E-state index contributed by atoms with van der Waals surface area (Å²) >= 11 is 0. The molecule has 2 heterocycles. The standard InChI is InChI=1S/C22H23N3O4/c1-15(26)16-2-4-18(5-3-16)25-21(28)14-20(22(25)29)24-12-10-23(11-13-24)17-6-8-19(27)9-7-17/h2-9,20,27H,10-14H2,1H3/t20-/m0/s1. The van der Waals surface area contributed by atoms with Crippen molar-refractivity contribution in [1.29, 1.82) is 0 Å². The van der Waals surface area contributed by atoms with E-state index in [0.717, 1.165) is 18.8 Å². The molecule has 0 unspecified atom stereocenters. The molecule has 2 aromatic carbocycles. The van der Waals surface area contributed by atoms with Crippen molar-refractivity contribution in [2.24, 2.45) is 0 Å². The highest BCUT2D eigenvalue weighted by atomic mass is 16.3. The van der Waals surface area contributed by atoms with Gasteiger partial charge in [0.05, 0.1) is 18.2 Å². The first kappa shape index (κ1) is 19.1. The van der Waals surface area contributed by atoms with Gasteiger partial charge in [0, 0.05) is 37.4 Å². The third kappa shape index (κ3) is 3.73. The Bertz CT molecular complexity index is 932. The van der Waals surface area contributed by atoms with E-state index in [1.165, 1.54) is 11.8 Å². The first-order chi connectivity index (χ1) is 13.9. The minimum absolute atomic E-state index is 0.0556. The normalized spacial score (nSPS) is 20.4. The number of aromatic hydroxyl groups is 1. The van der Waals surface area contributed by atoms with Gasteiger partial charge in [-0.15, -0.1) is 0 Å². The maximum atomic E-state index is 13.0. The van der Waals surface area contributed by atoms with Gasteiger partial charge in [-0.2, -0.15) is 0 Å². The van der Waals surface area contributed by atoms with Crippen LogP contribution in [0.3, 0.4) is 0 Å². The van der Waals surface area contributed by atoms with E-state index in [2.05, 4.69) is 9.80 Å². The highest BCUT2D eigenvalue weighted by Crippen LogP contribution is 2.28. The summed E-state index contributed by atoms with van der Waals surface area (Å²) in [7, 11) is 0. The number of anilines is 2. The largest absolute Gasteiger partial charge is 0.508 e. The van der Waals surface area contributed by atoms with Crippen molar-refractivity contribution in [3.8, 4) is 5.75 Å². The molecule has 2 saturated heterocycles. The highest BCUT2D eigenvalue weighted by Gasteiger charge is 2.43. The van der Waals surface area contributed by atoms with E-state index >= 15 is 0 Å². The lowest BCUT2D eigenvalue weighted by Crippen LogP contribution is -2.52. The number of hydrogen-bond acceptors (Lipinski definition) is 6. The molecule has 2 fully saturated rings. The lowest BCUT2D eigenvalue weighted by atomic mass is 10.1. The summed E-state index contributed by atoms with van der Waals surface area (Å²) in [4.78, 5) is 42.5. The molecule has 1 atom stereocenters. The monoisotopic (exact) mass is 393 g/mol. The number of benzene rings is 2. The van der Waals surface area contributed by atoms with Gasteiger partial charge in [-0.25, -0.2) is 4.90 Å². The van der Waals surface area contributed by atoms with E-state index < -0.39 is 6.04 Å². The van der Waals surface area contributed by atoms with Gasteiger partial charge in [0.15, 0.2) is 5.78 Å². The topological polar surface area (TPSA) is 81.2 Å². The van der Waals surface area contributed by atoms with Crippen molar-refractivity contribution < 1.29 is 19.5 Å². The van der Waals surface area contributed by atoms with Crippen molar-refractivity contribution in [2.75, 3.05) is 36.0 Å². The van der Waals surface area contributed by atoms with Gasteiger partial charge in [0.25, 0.3) is 5.91 Å². The van der Waals surface area contributed by atoms with Crippen LogP contribution in [0.25, 0.3) is 0 Å². The van der Waals surface area contributed by atoms with Crippen LogP contribution in [0.4, 0.5) is 11.4 Å². The van der Waals surface area contributed by atoms with Gasteiger partial charge < -0.3 is 10.0 Å². The Hall–Kier alpha value is -3.19. The molecule has 0 aliphatic carbocycles. The van der Waals surface area contributed by atoms with Crippen molar-refractivity contribution in [3.05, 3.63) is 54.1 Å². The molecule has 7 nitrogen and oxygen atoms in total. The second-order valence-electron chi connectivity index (χ2n) is 7.43. The molecular weight excluding hydrogens is 370 g/mol. The van der Waals surface area contributed by atoms with Gasteiger partial charge in [-0.3, -0.25) is 19.3 Å². The SMILES string of the molecule is CC(=O)c1ccc(N2C(=O)C[C@H](N3CCN(c4ccc(O)cc4)CC3)C2=O)cc1. The molecule has 2 amide bonds. The molecule has 2 aliphatic heterocycles. The minimum atomic E-state index is -0.447. The average Bonchev–Trinajstić information content (AvgIpc) is 3.03. The van der Waals surface area contributed by atoms with Gasteiger partial charge in [0.1, 0.15) is 5.75 Å². The Morgan fingerprint density at radius 1 is 0.897 bits per heavy atom. The fraction of sp³-hybridized carbons (Fsp3) is 0.318. The second kappa shape index (κ2) is 7.67. The van der Waals surface area contributed by atoms with Crippen molar-refractivity contribution in [2.45, 2.75) is 19.4 Å². The Labute approximate surface area is 169 Å². The number of nitrogens with zero attached hydrogens (tertiary/aromatic N) is 3. The Balaban J connectivity index is 1.42. The maximum absolute atomic E-state index is 13.0.